The number of ether oxygens (including phenoxy) is 1. The van der Waals surface area contributed by atoms with Gasteiger partial charge in [0.05, 0.1) is 0 Å². The highest BCUT2D eigenvalue weighted by atomic mass is 16.6. The van der Waals surface area contributed by atoms with Gasteiger partial charge in [-0.05, 0) is 52.1 Å². The number of nitrogens with zero attached hydrogens (tertiary/aromatic N) is 1. The number of esters is 1. The van der Waals surface area contributed by atoms with Crippen LogP contribution in [0.5, 0.6) is 0 Å². The fraction of sp³-hybridized carbons (Fsp3) is 0.611. The van der Waals surface area contributed by atoms with Crippen molar-refractivity contribution in [2.45, 2.75) is 64.6 Å². The van der Waals surface area contributed by atoms with Crippen LogP contribution in [0, 0.1) is 0 Å². The molecular formula is C18H27NO2. The van der Waals surface area contributed by atoms with Crippen LogP contribution >= 0.6 is 0 Å². The van der Waals surface area contributed by atoms with E-state index in [-0.39, 0.29) is 11.6 Å². The smallest absolute Gasteiger partial charge is 0.306 e. The third-order valence-electron chi connectivity index (χ3n) is 3.83. The van der Waals surface area contributed by atoms with Gasteiger partial charge in [0.1, 0.15) is 5.60 Å². The average Bonchev–Trinajstić information content (AvgIpc) is 2.83. The number of benzene rings is 1. The molecule has 0 radical (unpaired) electrons. The van der Waals surface area contributed by atoms with Crippen molar-refractivity contribution < 1.29 is 9.53 Å². The second kappa shape index (κ2) is 7.08. The van der Waals surface area contributed by atoms with E-state index in [4.69, 9.17) is 4.74 Å². The zero-order valence-electron chi connectivity index (χ0n) is 13.5. The van der Waals surface area contributed by atoms with Gasteiger partial charge < -0.3 is 4.74 Å². The van der Waals surface area contributed by atoms with Crippen LogP contribution in [-0.2, 0) is 16.1 Å². The van der Waals surface area contributed by atoms with Gasteiger partial charge >= 0.3 is 5.97 Å². The summed E-state index contributed by atoms with van der Waals surface area (Å²) in [4.78, 5) is 14.3. The summed E-state index contributed by atoms with van der Waals surface area (Å²) in [6.45, 7) is 7.88. The van der Waals surface area contributed by atoms with Gasteiger partial charge in [0, 0.05) is 19.0 Å². The molecule has 1 aromatic rings. The minimum absolute atomic E-state index is 0.0749. The maximum Gasteiger partial charge on any atom is 0.306 e. The summed E-state index contributed by atoms with van der Waals surface area (Å²) in [5.74, 6) is -0.0749. The van der Waals surface area contributed by atoms with Crippen LogP contribution in [0.4, 0.5) is 0 Å². The molecule has 21 heavy (non-hydrogen) atoms. The molecule has 3 heteroatoms. The molecule has 1 fully saturated rings. The van der Waals surface area contributed by atoms with Crippen molar-refractivity contribution in [2.75, 3.05) is 6.54 Å². The van der Waals surface area contributed by atoms with Crippen LogP contribution in [0.15, 0.2) is 30.3 Å². The molecule has 0 aliphatic carbocycles. The number of hydrogen-bond acceptors (Lipinski definition) is 3. The first-order valence-electron chi connectivity index (χ1n) is 7.94. The van der Waals surface area contributed by atoms with Gasteiger partial charge in [0.25, 0.3) is 0 Å². The van der Waals surface area contributed by atoms with E-state index in [9.17, 15) is 4.79 Å². The molecule has 1 heterocycles. The lowest BCUT2D eigenvalue weighted by atomic mass is 10.1. The van der Waals surface area contributed by atoms with E-state index < -0.39 is 0 Å². The number of carbonyl (C=O) groups is 1. The van der Waals surface area contributed by atoms with E-state index in [1.165, 1.54) is 18.4 Å². The molecular weight excluding hydrogens is 262 g/mol. The van der Waals surface area contributed by atoms with Crippen LogP contribution in [0.2, 0.25) is 0 Å². The van der Waals surface area contributed by atoms with Crippen molar-refractivity contribution in [2.24, 2.45) is 0 Å². The fourth-order valence-corrected chi connectivity index (χ4v) is 2.93. The molecule has 0 amide bonds. The molecule has 0 saturated carbocycles. The zero-order chi connectivity index (χ0) is 15.3. The van der Waals surface area contributed by atoms with Gasteiger partial charge in [-0.15, -0.1) is 0 Å². The number of carbonyl (C=O) groups excluding carboxylic acids is 1. The Labute approximate surface area is 128 Å². The van der Waals surface area contributed by atoms with Gasteiger partial charge in [0.15, 0.2) is 0 Å². The molecule has 0 aromatic heterocycles. The Hall–Kier alpha value is -1.35. The number of likely N-dealkylation sites (tertiary alicyclic amines) is 1. The molecule has 1 aromatic carbocycles. The molecule has 1 aliphatic rings. The molecule has 116 valence electrons. The standard InChI is InChI=1S/C18H27NO2/c1-18(2,3)21-17(20)12-11-16-10-7-13-19(16)14-15-8-5-4-6-9-15/h4-6,8-9,16H,7,10-14H2,1-3H3. The molecule has 2 rings (SSSR count). The lowest BCUT2D eigenvalue weighted by Crippen LogP contribution is -2.30. The first-order valence-corrected chi connectivity index (χ1v) is 7.94. The highest BCUT2D eigenvalue weighted by molar-refractivity contribution is 5.69. The Bertz CT molecular complexity index is 450. The van der Waals surface area contributed by atoms with Gasteiger partial charge in [-0.25, -0.2) is 0 Å². The van der Waals surface area contributed by atoms with Crippen molar-refractivity contribution in [3.8, 4) is 0 Å². The highest BCUT2D eigenvalue weighted by Crippen LogP contribution is 2.24. The monoisotopic (exact) mass is 289 g/mol. The number of rotatable bonds is 5. The van der Waals surface area contributed by atoms with E-state index >= 15 is 0 Å². The minimum Gasteiger partial charge on any atom is -0.460 e. The Balaban J connectivity index is 1.81. The summed E-state index contributed by atoms with van der Waals surface area (Å²) in [6, 6.07) is 11.1. The highest BCUT2D eigenvalue weighted by Gasteiger charge is 2.26. The zero-order valence-corrected chi connectivity index (χ0v) is 13.5. The van der Waals surface area contributed by atoms with E-state index in [1.54, 1.807) is 0 Å². The third kappa shape index (κ3) is 5.50. The SMILES string of the molecule is CC(C)(C)OC(=O)CCC1CCCN1Cc1ccccc1. The lowest BCUT2D eigenvalue weighted by Gasteiger charge is -2.25. The predicted octanol–water partition coefficient (Wildman–Crippen LogP) is 3.77. The fourth-order valence-electron chi connectivity index (χ4n) is 2.93. The Morgan fingerprint density at radius 3 is 2.67 bits per heavy atom. The lowest BCUT2D eigenvalue weighted by molar-refractivity contribution is -0.155. The van der Waals surface area contributed by atoms with E-state index in [0.29, 0.717) is 12.5 Å². The third-order valence-corrected chi connectivity index (χ3v) is 3.83. The Morgan fingerprint density at radius 2 is 2.00 bits per heavy atom. The summed E-state index contributed by atoms with van der Waals surface area (Å²) < 4.78 is 5.39. The van der Waals surface area contributed by atoms with E-state index in [2.05, 4.69) is 29.2 Å². The first kappa shape index (κ1) is 16.0. The summed E-state index contributed by atoms with van der Waals surface area (Å²) in [6.07, 6.45) is 3.84. The Morgan fingerprint density at radius 1 is 1.29 bits per heavy atom. The summed E-state index contributed by atoms with van der Waals surface area (Å²) in [7, 11) is 0. The van der Waals surface area contributed by atoms with Crippen LogP contribution in [0.25, 0.3) is 0 Å². The molecule has 3 nitrogen and oxygen atoms in total. The van der Waals surface area contributed by atoms with Crippen LogP contribution in [0.1, 0.15) is 52.0 Å². The van der Waals surface area contributed by atoms with Crippen LogP contribution in [0.3, 0.4) is 0 Å². The van der Waals surface area contributed by atoms with Gasteiger partial charge in [0.2, 0.25) is 0 Å². The molecule has 1 aliphatic heterocycles. The Kier molecular flexibility index (Phi) is 5.40. The van der Waals surface area contributed by atoms with E-state index in [1.807, 2.05) is 26.8 Å². The van der Waals surface area contributed by atoms with Crippen molar-refractivity contribution in [1.82, 2.24) is 4.90 Å². The minimum atomic E-state index is -0.378. The second-order valence-corrected chi connectivity index (χ2v) is 6.88. The van der Waals surface area contributed by atoms with Crippen molar-refractivity contribution in [1.29, 1.82) is 0 Å². The van der Waals surface area contributed by atoms with E-state index in [0.717, 1.165) is 19.5 Å². The summed E-state index contributed by atoms with van der Waals surface area (Å²) in [5.41, 5.74) is 0.970. The largest absolute Gasteiger partial charge is 0.460 e. The maximum atomic E-state index is 11.8. The average molecular weight is 289 g/mol. The first-order chi connectivity index (χ1) is 9.94. The normalized spacial score (nSPS) is 19.7. The molecule has 1 saturated heterocycles. The number of hydrogen-bond donors (Lipinski definition) is 0. The summed E-state index contributed by atoms with van der Waals surface area (Å²) in [5, 5.41) is 0. The van der Waals surface area contributed by atoms with Gasteiger partial charge in [-0.3, -0.25) is 9.69 Å². The second-order valence-electron chi connectivity index (χ2n) is 6.88. The predicted molar refractivity (Wildman–Crippen MR) is 85.0 cm³/mol. The van der Waals surface area contributed by atoms with Crippen LogP contribution < -0.4 is 0 Å². The van der Waals surface area contributed by atoms with Gasteiger partial charge in [-0.2, -0.15) is 0 Å². The quantitative estimate of drug-likeness (QED) is 0.773. The van der Waals surface area contributed by atoms with Crippen molar-refractivity contribution in [3.63, 3.8) is 0 Å². The topological polar surface area (TPSA) is 29.5 Å². The molecule has 0 N–H and O–H groups in total. The maximum absolute atomic E-state index is 11.8. The molecule has 0 bridgehead atoms. The molecule has 1 unspecified atom stereocenters. The van der Waals surface area contributed by atoms with Crippen molar-refractivity contribution >= 4 is 5.97 Å². The molecule has 0 spiro atoms. The van der Waals surface area contributed by atoms with Gasteiger partial charge in [-0.1, -0.05) is 30.3 Å². The molecule has 1 atom stereocenters. The van der Waals surface area contributed by atoms with Crippen molar-refractivity contribution in [3.05, 3.63) is 35.9 Å². The van der Waals surface area contributed by atoms with Crippen LogP contribution in [-0.4, -0.2) is 29.1 Å². The summed E-state index contributed by atoms with van der Waals surface area (Å²) >= 11 is 0.